The molecule has 0 aromatic carbocycles. The molecule has 1 aliphatic heterocycles. The van der Waals surface area contributed by atoms with Gasteiger partial charge in [-0.1, -0.05) is 26.2 Å². The number of carbonyl (C=O) groups is 1. The van der Waals surface area contributed by atoms with Gasteiger partial charge in [-0.25, -0.2) is 0 Å². The molecule has 4 heteroatoms. The molecule has 1 amide bonds. The van der Waals surface area contributed by atoms with Crippen molar-refractivity contribution in [2.24, 2.45) is 11.8 Å². The number of rotatable bonds is 5. The summed E-state index contributed by atoms with van der Waals surface area (Å²) in [6.45, 7) is 3.97. The molecule has 0 bridgehead atoms. The molecule has 1 saturated carbocycles. The van der Waals surface area contributed by atoms with E-state index < -0.39 is 0 Å². The molecule has 1 atom stereocenters. The van der Waals surface area contributed by atoms with Crippen LogP contribution in [0, 0.1) is 11.8 Å². The Bertz CT molecular complexity index is 300. The van der Waals surface area contributed by atoms with Crippen molar-refractivity contribution in [3.05, 3.63) is 0 Å². The average molecular weight is 283 g/mol. The lowest BCUT2D eigenvalue weighted by molar-refractivity contribution is -0.147. The van der Waals surface area contributed by atoms with Crippen LogP contribution in [-0.2, 0) is 9.53 Å². The second-order valence-electron chi connectivity index (χ2n) is 6.30. The van der Waals surface area contributed by atoms with Gasteiger partial charge < -0.3 is 14.7 Å². The zero-order valence-corrected chi connectivity index (χ0v) is 12.7. The minimum absolute atomic E-state index is 0.0115. The van der Waals surface area contributed by atoms with Gasteiger partial charge in [-0.05, 0) is 31.6 Å². The predicted molar refractivity (Wildman–Crippen MR) is 78.4 cm³/mol. The van der Waals surface area contributed by atoms with Gasteiger partial charge in [0, 0.05) is 12.5 Å². The summed E-state index contributed by atoms with van der Waals surface area (Å²) in [7, 11) is 0. The van der Waals surface area contributed by atoms with Crippen molar-refractivity contribution in [2.75, 3.05) is 26.4 Å². The molecule has 1 heterocycles. The number of morpholine rings is 1. The monoisotopic (exact) mass is 283 g/mol. The van der Waals surface area contributed by atoms with E-state index in [4.69, 9.17) is 4.74 Å². The van der Waals surface area contributed by atoms with Crippen molar-refractivity contribution in [1.29, 1.82) is 0 Å². The van der Waals surface area contributed by atoms with E-state index in [1.807, 2.05) is 4.90 Å². The van der Waals surface area contributed by atoms with Gasteiger partial charge in [-0.15, -0.1) is 0 Å². The van der Waals surface area contributed by atoms with Crippen LogP contribution in [-0.4, -0.2) is 48.3 Å². The first-order valence-electron chi connectivity index (χ1n) is 8.25. The van der Waals surface area contributed by atoms with Gasteiger partial charge in [0.2, 0.25) is 5.91 Å². The molecule has 2 fully saturated rings. The second-order valence-corrected chi connectivity index (χ2v) is 6.30. The lowest BCUT2D eigenvalue weighted by Crippen LogP contribution is -2.52. The first kappa shape index (κ1) is 15.8. The first-order valence-corrected chi connectivity index (χ1v) is 8.25. The predicted octanol–water partition coefficient (Wildman–Crippen LogP) is 2.20. The first-order chi connectivity index (χ1) is 9.76. The largest absolute Gasteiger partial charge is 0.394 e. The van der Waals surface area contributed by atoms with E-state index in [0.29, 0.717) is 19.8 Å². The Balaban J connectivity index is 1.81. The summed E-state index contributed by atoms with van der Waals surface area (Å²) in [6.07, 6.45) is 8.37. The molecule has 0 radical (unpaired) electrons. The smallest absolute Gasteiger partial charge is 0.226 e. The van der Waals surface area contributed by atoms with Crippen LogP contribution in [0.2, 0.25) is 0 Å². The number of hydrogen-bond acceptors (Lipinski definition) is 3. The molecular weight excluding hydrogens is 254 g/mol. The van der Waals surface area contributed by atoms with Crippen molar-refractivity contribution < 1.29 is 14.6 Å². The molecule has 2 rings (SSSR count). The number of aliphatic hydroxyl groups is 1. The van der Waals surface area contributed by atoms with E-state index in [1.54, 1.807) is 0 Å². The standard InChI is InChI=1S/C16H29NO3/c1-2-3-4-13-5-7-14(8-6-13)16(19)17-9-10-20-12-15(17)11-18/h13-15,18H,2-12H2,1H3. The highest BCUT2D eigenvalue weighted by Gasteiger charge is 2.33. The average Bonchev–Trinajstić information content (AvgIpc) is 2.52. The molecular formula is C16H29NO3. The van der Waals surface area contributed by atoms with Gasteiger partial charge in [-0.3, -0.25) is 4.79 Å². The Labute approximate surface area is 122 Å². The zero-order valence-electron chi connectivity index (χ0n) is 12.7. The molecule has 1 unspecified atom stereocenters. The molecule has 0 aromatic heterocycles. The number of aliphatic hydroxyl groups excluding tert-OH is 1. The van der Waals surface area contributed by atoms with Crippen LogP contribution in [0.15, 0.2) is 0 Å². The summed E-state index contributed by atoms with van der Waals surface area (Å²) in [4.78, 5) is 14.5. The summed E-state index contributed by atoms with van der Waals surface area (Å²) in [5, 5.41) is 9.37. The molecule has 20 heavy (non-hydrogen) atoms. The topological polar surface area (TPSA) is 49.8 Å². The Hall–Kier alpha value is -0.610. The van der Waals surface area contributed by atoms with Crippen molar-refractivity contribution in [3.8, 4) is 0 Å². The Kier molecular flexibility index (Phi) is 6.30. The van der Waals surface area contributed by atoms with E-state index in [0.717, 1.165) is 18.8 Å². The van der Waals surface area contributed by atoms with Crippen molar-refractivity contribution in [2.45, 2.75) is 57.9 Å². The van der Waals surface area contributed by atoms with Crippen LogP contribution in [0.25, 0.3) is 0 Å². The van der Waals surface area contributed by atoms with Crippen LogP contribution in [0.4, 0.5) is 0 Å². The summed E-state index contributed by atoms with van der Waals surface area (Å²) in [5.41, 5.74) is 0. The fraction of sp³-hybridized carbons (Fsp3) is 0.938. The van der Waals surface area contributed by atoms with Crippen LogP contribution < -0.4 is 0 Å². The summed E-state index contributed by atoms with van der Waals surface area (Å²) in [6, 6.07) is -0.130. The highest BCUT2D eigenvalue weighted by Crippen LogP contribution is 2.33. The van der Waals surface area contributed by atoms with Gasteiger partial charge in [-0.2, -0.15) is 0 Å². The van der Waals surface area contributed by atoms with Crippen LogP contribution in [0.1, 0.15) is 51.9 Å². The molecule has 1 aliphatic carbocycles. The molecule has 116 valence electrons. The maximum Gasteiger partial charge on any atom is 0.226 e. The fourth-order valence-corrected chi connectivity index (χ4v) is 3.52. The van der Waals surface area contributed by atoms with Crippen LogP contribution in [0.5, 0.6) is 0 Å². The molecule has 1 N–H and O–H groups in total. The van der Waals surface area contributed by atoms with Crippen molar-refractivity contribution >= 4 is 5.91 Å². The van der Waals surface area contributed by atoms with Crippen molar-refractivity contribution in [3.63, 3.8) is 0 Å². The van der Waals surface area contributed by atoms with E-state index >= 15 is 0 Å². The fourth-order valence-electron chi connectivity index (χ4n) is 3.52. The SMILES string of the molecule is CCCCC1CCC(C(=O)N2CCOCC2CO)CC1. The maximum atomic E-state index is 12.6. The molecule has 2 aliphatic rings. The Morgan fingerprint density at radius 3 is 2.70 bits per heavy atom. The highest BCUT2D eigenvalue weighted by atomic mass is 16.5. The third-order valence-corrected chi connectivity index (χ3v) is 4.88. The number of nitrogens with zero attached hydrogens (tertiary/aromatic N) is 1. The number of ether oxygens (including phenoxy) is 1. The molecule has 1 saturated heterocycles. The van der Waals surface area contributed by atoms with Crippen molar-refractivity contribution in [1.82, 2.24) is 4.90 Å². The van der Waals surface area contributed by atoms with Gasteiger partial charge in [0.05, 0.1) is 25.9 Å². The zero-order chi connectivity index (χ0) is 14.4. The van der Waals surface area contributed by atoms with E-state index in [-0.39, 0.29) is 24.5 Å². The minimum atomic E-state index is -0.130. The van der Waals surface area contributed by atoms with E-state index in [1.165, 1.54) is 32.1 Å². The maximum absolute atomic E-state index is 12.6. The highest BCUT2D eigenvalue weighted by molar-refractivity contribution is 5.79. The lowest BCUT2D eigenvalue weighted by atomic mass is 9.79. The minimum Gasteiger partial charge on any atom is -0.394 e. The van der Waals surface area contributed by atoms with E-state index in [2.05, 4.69) is 6.92 Å². The van der Waals surface area contributed by atoms with Gasteiger partial charge in [0.25, 0.3) is 0 Å². The lowest BCUT2D eigenvalue weighted by Gasteiger charge is -2.38. The van der Waals surface area contributed by atoms with Crippen LogP contribution >= 0.6 is 0 Å². The summed E-state index contributed by atoms with van der Waals surface area (Å²) in [5.74, 6) is 1.26. The quantitative estimate of drug-likeness (QED) is 0.841. The molecule has 4 nitrogen and oxygen atoms in total. The summed E-state index contributed by atoms with van der Waals surface area (Å²) >= 11 is 0. The van der Waals surface area contributed by atoms with Crippen LogP contribution in [0.3, 0.4) is 0 Å². The van der Waals surface area contributed by atoms with Gasteiger partial charge in [0.1, 0.15) is 0 Å². The number of hydrogen-bond donors (Lipinski definition) is 1. The Morgan fingerprint density at radius 1 is 1.30 bits per heavy atom. The Morgan fingerprint density at radius 2 is 2.05 bits per heavy atom. The molecule has 0 aromatic rings. The molecule has 0 spiro atoms. The third-order valence-electron chi connectivity index (χ3n) is 4.88. The number of carbonyl (C=O) groups excluding carboxylic acids is 1. The summed E-state index contributed by atoms with van der Waals surface area (Å²) < 4.78 is 5.35. The third kappa shape index (κ3) is 3.95. The van der Waals surface area contributed by atoms with E-state index in [9.17, 15) is 9.90 Å². The van der Waals surface area contributed by atoms with Gasteiger partial charge in [0.15, 0.2) is 0 Å². The normalized spacial score (nSPS) is 31.3. The second kappa shape index (κ2) is 7.99. The number of amides is 1. The number of unbranched alkanes of at least 4 members (excludes halogenated alkanes) is 1. The van der Waals surface area contributed by atoms with Gasteiger partial charge >= 0.3 is 0 Å².